The molecule has 0 heterocycles. The van der Waals surface area contributed by atoms with Crippen LogP contribution in [-0.4, -0.2) is 83.4 Å². The van der Waals surface area contributed by atoms with Gasteiger partial charge in [0.05, 0.1) is 6.61 Å². The van der Waals surface area contributed by atoms with Gasteiger partial charge in [-0.15, -0.1) is 0 Å². The summed E-state index contributed by atoms with van der Waals surface area (Å²) in [4.78, 5) is 49.2. The van der Waals surface area contributed by atoms with E-state index in [1.165, 1.54) is 315 Å². The fourth-order valence-corrected chi connectivity index (χ4v) is 14.7. The lowest BCUT2D eigenvalue weighted by molar-refractivity contribution is -0.144. The number of nitrogens with one attached hydrogen (secondary N) is 2. The number of methoxy groups -OCH3 is 1. The first-order chi connectivity index (χ1) is 46.7. The number of ketones is 1. The smallest absolute Gasteiger partial charge is 0.305 e. The second-order valence-corrected chi connectivity index (χ2v) is 29.8. The van der Waals surface area contributed by atoms with Crippen LogP contribution in [0.1, 0.15) is 439 Å². The predicted octanol–water partition coefficient (Wildman–Crippen LogP) is 25.2. The number of hydrogen-bond donors (Lipinski definition) is 2. The lowest BCUT2D eigenvalue weighted by atomic mass is 9.78. The van der Waals surface area contributed by atoms with Gasteiger partial charge in [-0.05, 0) is 69.1 Å². The molecule has 0 rings (SSSR count). The Morgan fingerprint density at radius 3 is 0.768 bits per heavy atom. The van der Waals surface area contributed by atoms with E-state index in [9.17, 15) is 19.2 Å². The number of carbonyl (C=O) groups excluding carboxylic acids is 4. The number of hydrogen-bond acceptors (Lipinski definition) is 8. The van der Waals surface area contributed by atoms with E-state index in [2.05, 4.69) is 38.3 Å². The Bertz CT molecular complexity index is 1580. The Morgan fingerprint density at radius 2 is 0.495 bits per heavy atom. The van der Waals surface area contributed by atoms with Crippen molar-refractivity contribution in [1.82, 2.24) is 10.6 Å². The Hall–Kier alpha value is -2.04. The average molecular weight is 1340 g/mol. The molecule has 0 aliphatic rings. The Labute approximate surface area is 592 Å². The van der Waals surface area contributed by atoms with E-state index in [4.69, 9.17) is 18.9 Å². The van der Waals surface area contributed by atoms with Crippen LogP contribution in [0.15, 0.2) is 0 Å². The molecule has 0 fully saturated rings. The molecule has 2 N–H and O–H groups in total. The molecule has 0 radical (unpaired) electrons. The van der Waals surface area contributed by atoms with Gasteiger partial charge in [-0.3, -0.25) is 14.4 Å². The fraction of sp³-hybridized carbons (Fsp3) is 0.953. The zero-order valence-electron chi connectivity index (χ0n) is 64.8. The van der Waals surface area contributed by atoms with Crippen LogP contribution in [-0.2, 0) is 38.1 Å². The summed E-state index contributed by atoms with van der Waals surface area (Å²) in [5, 5.41) is 6.14. The monoisotopic (exact) mass is 1340 g/mol. The fourth-order valence-electron chi connectivity index (χ4n) is 14.7. The van der Waals surface area contributed by atoms with E-state index >= 15 is 0 Å². The molecule has 10 heteroatoms. The molecule has 0 aromatic heterocycles. The third-order valence-corrected chi connectivity index (χ3v) is 20.7. The third kappa shape index (κ3) is 70.2. The highest BCUT2D eigenvalue weighted by Gasteiger charge is 2.23. The standard InChI is InChI=1S/C85H166N2O8/c1-7-11-15-19-32-44-59-79(63-48-36-24-23-31-43-58-78(5)88)80(60-45-33-20-16-12-8-2)64-49-37-25-28-40-52-67-83(89)86-70-71-87-84(90)68-53-41-29-26-38-50-65-81(61-46-34-21-17-13-9-3)82(62-47-35-22-18-14-10-4)66-51-39-27-30-42-54-69-85(91)95-77-57-76-94-75-56-74-93-73-55-72-92-6/h79-82H,7-77H2,1-6H3,(H,86,89)(H,87,90). The molecule has 95 heavy (non-hydrogen) atoms. The van der Waals surface area contributed by atoms with Crippen molar-refractivity contribution in [2.45, 2.75) is 439 Å². The minimum atomic E-state index is -0.0673. The maximum atomic E-state index is 12.7. The van der Waals surface area contributed by atoms with E-state index in [0.29, 0.717) is 64.6 Å². The van der Waals surface area contributed by atoms with Gasteiger partial charge in [0.15, 0.2) is 0 Å². The number of esters is 1. The second kappa shape index (κ2) is 77.7. The summed E-state index contributed by atoms with van der Waals surface area (Å²) in [5.74, 6) is 3.99. The maximum Gasteiger partial charge on any atom is 0.305 e. The molecule has 564 valence electrons. The van der Waals surface area contributed by atoms with Gasteiger partial charge in [-0.1, -0.05) is 362 Å². The van der Waals surface area contributed by atoms with E-state index in [1.807, 2.05) is 0 Å². The van der Waals surface area contributed by atoms with Crippen LogP contribution in [0, 0.1) is 23.7 Å². The van der Waals surface area contributed by atoms with Crippen molar-refractivity contribution in [3.8, 4) is 0 Å². The van der Waals surface area contributed by atoms with Crippen molar-refractivity contribution in [2.75, 3.05) is 59.8 Å². The number of carbonyl (C=O) groups is 4. The van der Waals surface area contributed by atoms with Gasteiger partial charge in [-0.2, -0.15) is 0 Å². The molecule has 2 amide bonds. The molecule has 0 spiro atoms. The summed E-state index contributed by atoms with van der Waals surface area (Å²) >= 11 is 0. The van der Waals surface area contributed by atoms with Crippen molar-refractivity contribution < 1.29 is 38.1 Å². The first kappa shape index (κ1) is 93.0. The number of unbranched alkanes of at least 4 members (excludes halogenated alkanes) is 40. The molecular weight excluding hydrogens is 1180 g/mol. The van der Waals surface area contributed by atoms with Crippen LogP contribution < -0.4 is 10.6 Å². The van der Waals surface area contributed by atoms with E-state index < -0.39 is 0 Å². The minimum absolute atomic E-state index is 0.0673. The first-order valence-electron chi connectivity index (χ1n) is 42.5. The van der Waals surface area contributed by atoms with Crippen LogP contribution in [0.2, 0.25) is 0 Å². The van der Waals surface area contributed by atoms with Gasteiger partial charge in [0.1, 0.15) is 5.78 Å². The molecule has 10 nitrogen and oxygen atoms in total. The van der Waals surface area contributed by atoms with Gasteiger partial charge >= 0.3 is 5.97 Å². The minimum Gasteiger partial charge on any atom is -0.466 e. The van der Waals surface area contributed by atoms with E-state index in [1.54, 1.807) is 14.0 Å². The zero-order valence-corrected chi connectivity index (χ0v) is 64.8. The highest BCUT2D eigenvalue weighted by molar-refractivity contribution is 5.77. The molecule has 4 unspecified atom stereocenters. The van der Waals surface area contributed by atoms with Gasteiger partial charge < -0.3 is 34.4 Å². The second-order valence-electron chi connectivity index (χ2n) is 29.8. The van der Waals surface area contributed by atoms with Gasteiger partial charge in [0.2, 0.25) is 11.8 Å². The number of Topliss-reactive ketones (excluding diaryl/α,β-unsaturated/α-hetero) is 1. The van der Waals surface area contributed by atoms with Gasteiger partial charge in [0.25, 0.3) is 0 Å². The molecule has 4 atom stereocenters. The van der Waals surface area contributed by atoms with Gasteiger partial charge in [-0.25, -0.2) is 0 Å². The molecule has 0 saturated carbocycles. The third-order valence-electron chi connectivity index (χ3n) is 20.7. The van der Waals surface area contributed by atoms with Crippen LogP contribution in [0.4, 0.5) is 0 Å². The van der Waals surface area contributed by atoms with Crippen molar-refractivity contribution in [1.29, 1.82) is 0 Å². The van der Waals surface area contributed by atoms with E-state index in [-0.39, 0.29) is 17.8 Å². The highest BCUT2D eigenvalue weighted by Crippen LogP contribution is 2.36. The van der Waals surface area contributed by atoms with Crippen molar-refractivity contribution in [2.24, 2.45) is 23.7 Å². The summed E-state index contributed by atoms with van der Waals surface area (Å²) in [5.41, 5.74) is 0. The number of rotatable bonds is 81. The summed E-state index contributed by atoms with van der Waals surface area (Å²) < 4.78 is 21.8. The summed E-state index contributed by atoms with van der Waals surface area (Å²) in [7, 11) is 1.71. The topological polar surface area (TPSA) is 129 Å². The molecule has 0 aliphatic heterocycles. The largest absolute Gasteiger partial charge is 0.466 e. The quantitative estimate of drug-likeness (QED) is 0.0455. The lowest BCUT2D eigenvalue weighted by Gasteiger charge is -2.28. The van der Waals surface area contributed by atoms with E-state index in [0.717, 1.165) is 108 Å². The molecular formula is C85H166N2O8. The highest BCUT2D eigenvalue weighted by atomic mass is 16.5. The van der Waals surface area contributed by atoms with Crippen LogP contribution in [0.5, 0.6) is 0 Å². The summed E-state index contributed by atoms with van der Waals surface area (Å²) in [6, 6.07) is 0. The normalized spacial score (nSPS) is 12.9. The Balaban J connectivity index is 4.70. The number of ether oxygens (including phenoxy) is 4. The molecule has 0 aromatic rings. The SMILES string of the molecule is CCCCCCCCC(CCCCCCCCC(C)=O)C(CCCCCCCC)CCCCCCCCC(=O)NCCNC(=O)CCCCCCCCC(CCCCCCCC)C(CCCCCCCC)CCCCCCCCC(=O)OCCCOCCCOCCCOC. The summed E-state index contributed by atoms with van der Waals surface area (Å²) in [6.45, 7) is 15.9. The van der Waals surface area contributed by atoms with Crippen LogP contribution in [0.3, 0.4) is 0 Å². The van der Waals surface area contributed by atoms with Crippen molar-refractivity contribution in [3.63, 3.8) is 0 Å². The van der Waals surface area contributed by atoms with Crippen LogP contribution in [0.25, 0.3) is 0 Å². The Morgan fingerprint density at radius 1 is 0.263 bits per heavy atom. The molecule has 0 bridgehead atoms. The Kier molecular flexibility index (Phi) is 76.0. The van der Waals surface area contributed by atoms with Crippen molar-refractivity contribution in [3.05, 3.63) is 0 Å². The van der Waals surface area contributed by atoms with Gasteiger partial charge in [0, 0.05) is 85.3 Å². The zero-order chi connectivity index (χ0) is 69.1. The van der Waals surface area contributed by atoms with Crippen LogP contribution >= 0.6 is 0 Å². The molecule has 0 aromatic carbocycles. The average Bonchev–Trinajstić information content (AvgIpc) is 1.81. The number of amides is 2. The maximum absolute atomic E-state index is 12.7. The summed E-state index contributed by atoms with van der Waals surface area (Å²) in [6.07, 6.45) is 78.8. The predicted molar refractivity (Wildman–Crippen MR) is 409 cm³/mol. The molecule has 0 aliphatic carbocycles. The molecule has 0 saturated heterocycles. The lowest BCUT2D eigenvalue weighted by Crippen LogP contribution is -2.34. The first-order valence-corrected chi connectivity index (χ1v) is 42.5. The van der Waals surface area contributed by atoms with Crippen molar-refractivity contribution >= 4 is 23.6 Å².